The lowest BCUT2D eigenvalue weighted by Crippen LogP contribution is -2.37. The lowest BCUT2D eigenvalue weighted by molar-refractivity contribution is -0.143. The minimum absolute atomic E-state index is 0.0291. The van der Waals surface area contributed by atoms with Crippen molar-refractivity contribution in [2.24, 2.45) is 5.92 Å². The van der Waals surface area contributed by atoms with Crippen LogP contribution in [0.2, 0.25) is 0 Å². The van der Waals surface area contributed by atoms with Crippen molar-refractivity contribution < 1.29 is 24.2 Å². The highest BCUT2D eigenvalue weighted by molar-refractivity contribution is 5.81. The molecule has 7 nitrogen and oxygen atoms in total. The molecular weight excluding hydrogens is 228 g/mol. The van der Waals surface area contributed by atoms with E-state index in [1.165, 1.54) is 0 Å². The van der Waals surface area contributed by atoms with Gasteiger partial charge >= 0.3 is 5.97 Å². The molecular formula is C10H16N2O5. The van der Waals surface area contributed by atoms with Crippen molar-refractivity contribution in [2.75, 3.05) is 26.3 Å². The first-order valence-electron chi connectivity index (χ1n) is 5.43. The maximum absolute atomic E-state index is 11.2. The molecule has 0 aromatic heterocycles. The number of ether oxygens (including phenoxy) is 1. The van der Waals surface area contributed by atoms with Gasteiger partial charge in [0.2, 0.25) is 11.8 Å². The molecule has 96 valence electrons. The van der Waals surface area contributed by atoms with E-state index in [4.69, 9.17) is 5.11 Å². The number of amides is 2. The lowest BCUT2D eigenvalue weighted by Gasteiger charge is -2.06. The minimum atomic E-state index is -1.12. The summed E-state index contributed by atoms with van der Waals surface area (Å²) in [5, 5.41) is 13.4. The van der Waals surface area contributed by atoms with E-state index in [0.717, 1.165) is 12.8 Å². The second-order valence-corrected chi connectivity index (χ2v) is 3.80. The molecule has 17 heavy (non-hydrogen) atoms. The molecule has 2 amide bonds. The SMILES string of the molecule is O=C(O)COCC(=O)NCCNC(=O)C1CC1. The second kappa shape index (κ2) is 6.85. The molecule has 0 spiro atoms. The number of carboxylic acid groups (broad SMARTS) is 1. The summed E-state index contributed by atoms with van der Waals surface area (Å²) in [6.07, 6.45) is 1.89. The van der Waals surface area contributed by atoms with Crippen LogP contribution in [0.15, 0.2) is 0 Å². The van der Waals surface area contributed by atoms with Gasteiger partial charge in [-0.1, -0.05) is 0 Å². The first-order valence-corrected chi connectivity index (χ1v) is 5.43. The van der Waals surface area contributed by atoms with Crippen LogP contribution in [0, 0.1) is 5.92 Å². The highest BCUT2D eigenvalue weighted by Gasteiger charge is 2.28. The van der Waals surface area contributed by atoms with E-state index in [2.05, 4.69) is 15.4 Å². The van der Waals surface area contributed by atoms with Crippen LogP contribution in [-0.2, 0) is 19.1 Å². The molecule has 1 rings (SSSR count). The standard InChI is InChI=1S/C10H16N2O5/c13-8(5-17-6-9(14)15)11-3-4-12-10(16)7-1-2-7/h7H,1-6H2,(H,11,13)(H,12,16)(H,14,15). The molecule has 7 heteroatoms. The van der Waals surface area contributed by atoms with Crippen molar-refractivity contribution in [1.29, 1.82) is 0 Å². The highest BCUT2D eigenvalue weighted by Crippen LogP contribution is 2.28. The topological polar surface area (TPSA) is 105 Å². The molecule has 3 N–H and O–H groups in total. The second-order valence-electron chi connectivity index (χ2n) is 3.80. The van der Waals surface area contributed by atoms with E-state index in [1.807, 2.05) is 0 Å². The predicted molar refractivity (Wildman–Crippen MR) is 57.2 cm³/mol. The van der Waals surface area contributed by atoms with Gasteiger partial charge in [0.1, 0.15) is 13.2 Å². The lowest BCUT2D eigenvalue weighted by atomic mass is 10.4. The molecule has 1 aliphatic rings. The van der Waals surface area contributed by atoms with Crippen LogP contribution in [0.25, 0.3) is 0 Å². The van der Waals surface area contributed by atoms with Crippen molar-refractivity contribution in [3.05, 3.63) is 0 Å². The monoisotopic (exact) mass is 244 g/mol. The molecule has 0 aromatic carbocycles. The normalized spacial score (nSPS) is 14.1. The number of carbonyl (C=O) groups excluding carboxylic acids is 2. The molecule has 1 saturated carbocycles. The van der Waals surface area contributed by atoms with E-state index >= 15 is 0 Å². The number of hydrogen-bond acceptors (Lipinski definition) is 4. The number of aliphatic carboxylic acids is 1. The number of carbonyl (C=O) groups is 3. The van der Waals surface area contributed by atoms with Crippen molar-refractivity contribution in [3.8, 4) is 0 Å². The first kappa shape index (κ1) is 13.4. The zero-order chi connectivity index (χ0) is 12.7. The van der Waals surface area contributed by atoms with Gasteiger partial charge in [0.05, 0.1) is 0 Å². The van der Waals surface area contributed by atoms with Gasteiger partial charge in [-0.25, -0.2) is 4.79 Å². The molecule has 0 saturated heterocycles. The minimum Gasteiger partial charge on any atom is -0.480 e. The Morgan fingerprint density at radius 2 is 1.76 bits per heavy atom. The predicted octanol–water partition coefficient (Wildman–Crippen LogP) is -1.27. The molecule has 0 aromatic rings. The quantitative estimate of drug-likeness (QED) is 0.462. The van der Waals surface area contributed by atoms with Gasteiger partial charge < -0.3 is 20.5 Å². The van der Waals surface area contributed by atoms with E-state index < -0.39 is 18.5 Å². The fraction of sp³-hybridized carbons (Fsp3) is 0.700. The van der Waals surface area contributed by atoms with Crippen LogP contribution in [0.1, 0.15) is 12.8 Å². The smallest absolute Gasteiger partial charge is 0.329 e. The summed E-state index contributed by atoms with van der Waals surface area (Å²) in [4.78, 5) is 32.3. The third-order valence-corrected chi connectivity index (χ3v) is 2.15. The van der Waals surface area contributed by atoms with Crippen LogP contribution in [0.4, 0.5) is 0 Å². The maximum Gasteiger partial charge on any atom is 0.329 e. The Hall–Kier alpha value is -1.63. The summed E-state index contributed by atoms with van der Waals surface area (Å²) in [5.74, 6) is -1.33. The van der Waals surface area contributed by atoms with Gasteiger partial charge in [-0.05, 0) is 12.8 Å². The van der Waals surface area contributed by atoms with Crippen LogP contribution < -0.4 is 10.6 Å². The fourth-order valence-corrected chi connectivity index (χ4v) is 1.16. The molecule has 0 radical (unpaired) electrons. The molecule has 1 fully saturated rings. The fourth-order valence-electron chi connectivity index (χ4n) is 1.16. The van der Waals surface area contributed by atoms with E-state index in [1.54, 1.807) is 0 Å². The molecule has 0 aliphatic heterocycles. The number of hydrogen-bond donors (Lipinski definition) is 3. The highest BCUT2D eigenvalue weighted by atomic mass is 16.5. The van der Waals surface area contributed by atoms with E-state index in [0.29, 0.717) is 13.1 Å². The summed E-state index contributed by atoms with van der Waals surface area (Å²) >= 11 is 0. The van der Waals surface area contributed by atoms with Gasteiger partial charge in [0, 0.05) is 19.0 Å². The van der Waals surface area contributed by atoms with Crippen LogP contribution in [0.5, 0.6) is 0 Å². The van der Waals surface area contributed by atoms with Crippen molar-refractivity contribution >= 4 is 17.8 Å². The van der Waals surface area contributed by atoms with Gasteiger partial charge in [-0.3, -0.25) is 9.59 Å². The third-order valence-electron chi connectivity index (χ3n) is 2.15. The average Bonchev–Trinajstić information content (AvgIpc) is 3.07. The van der Waals surface area contributed by atoms with Crippen molar-refractivity contribution in [3.63, 3.8) is 0 Å². The van der Waals surface area contributed by atoms with E-state index in [9.17, 15) is 14.4 Å². The van der Waals surface area contributed by atoms with Crippen LogP contribution >= 0.6 is 0 Å². The Kier molecular flexibility index (Phi) is 5.41. The summed E-state index contributed by atoms with van der Waals surface area (Å²) < 4.78 is 4.58. The molecule has 0 unspecified atom stereocenters. The van der Waals surface area contributed by atoms with Crippen LogP contribution in [0.3, 0.4) is 0 Å². The number of carboxylic acids is 1. The zero-order valence-electron chi connectivity index (χ0n) is 9.40. The van der Waals surface area contributed by atoms with Gasteiger partial charge in [-0.15, -0.1) is 0 Å². The Morgan fingerprint density at radius 3 is 2.35 bits per heavy atom. The summed E-state index contributed by atoms with van der Waals surface area (Å²) in [6, 6.07) is 0. The summed E-state index contributed by atoms with van der Waals surface area (Å²) in [7, 11) is 0. The Balaban J connectivity index is 1.92. The molecule has 0 atom stereocenters. The van der Waals surface area contributed by atoms with Gasteiger partial charge in [-0.2, -0.15) is 0 Å². The Morgan fingerprint density at radius 1 is 1.12 bits per heavy atom. The number of rotatable bonds is 8. The molecule has 0 heterocycles. The van der Waals surface area contributed by atoms with Crippen LogP contribution in [-0.4, -0.2) is 49.2 Å². The summed E-state index contributed by atoms with van der Waals surface area (Å²) in [6.45, 7) is -0.0948. The first-order chi connectivity index (χ1) is 8.09. The largest absolute Gasteiger partial charge is 0.480 e. The van der Waals surface area contributed by atoms with Gasteiger partial charge in [0.25, 0.3) is 0 Å². The van der Waals surface area contributed by atoms with Crippen molar-refractivity contribution in [2.45, 2.75) is 12.8 Å². The number of nitrogens with one attached hydrogen (secondary N) is 2. The maximum atomic E-state index is 11.2. The van der Waals surface area contributed by atoms with Gasteiger partial charge in [0.15, 0.2) is 0 Å². The average molecular weight is 244 g/mol. The molecule has 1 aliphatic carbocycles. The van der Waals surface area contributed by atoms with Crippen molar-refractivity contribution in [1.82, 2.24) is 10.6 Å². The Labute approximate surface area is 98.5 Å². The van der Waals surface area contributed by atoms with E-state index in [-0.39, 0.29) is 18.4 Å². The third kappa shape index (κ3) is 6.52. The zero-order valence-corrected chi connectivity index (χ0v) is 9.40. The summed E-state index contributed by atoms with van der Waals surface area (Å²) in [5.41, 5.74) is 0. The Bertz CT molecular complexity index is 301. The molecule has 0 bridgehead atoms.